The molecule has 0 aliphatic heterocycles. The summed E-state index contributed by atoms with van der Waals surface area (Å²) < 4.78 is 13.3. The lowest BCUT2D eigenvalue weighted by atomic mass is 10.2. The number of nitrogens with one attached hydrogen (secondary N) is 1. The Morgan fingerprint density at radius 2 is 2.14 bits per heavy atom. The molecule has 2 aromatic rings. The standard InChI is InChI=1S/C16H19ClFN3/c1-3-7-19-10-12-8-15(17)16(20-11-12)21(2)14-6-4-5-13(18)9-14/h4-6,8-9,11,19H,3,7,10H2,1-2H3. The fourth-order valence-electron chi connectivity index (χ4n) is 2.03. The first-order valence-electron chi connectivity index (χ1n) is 6.96. The third-order valence-electron chi connectivity index (χ3n) is 3.15. The molecule has 0 unspecified atom stereocenters. The van der Waals surface area contributed by atoms with Crippen molar-refractivity contribution in [3.05, 3.63) is 52.9 Å². The minimum absolute atomic E-state index is 0.282. The number of rotatable bonds is 6. The lowest BCUT2D eigenvalue weighted by Crippen LogP contribution is -2.15. The van der Waals surface area contributed by atoms with E-state index in [0.29, 0.717) is 16.5 Å². The Hall–Kier alpha value is -1.65. The van der Waals surface area contributed by atoms with Gasteiger partial charge in [0.05, 0.1) is 5.02 Å². The second-order valence-corrected chi connectivity index (χ2v) is 5.27. The first-order chi connectivity index (χ1) is 10.1. The molecule has 0 bridgehead atoms. The number of aromatic nitrogens is 1. The zero-order valence-electron chi connectivity index (χ0n) is 12.2. The van der Waals surface area contributed by atoms with Gasteiger partial charge >= 0.3 is 0 Å². The Labute approximate surface area is 129 Å². The summed E-state index contributed by atoms with van der Waals surface area (Å²) in [6.45, 7) is 3.82. The number of hydrogen-bond donors (Lipinski definition) is 1. The van der Waals surface area contributed by atoms with Crippen LogP contribution in [0.25, 0.3) is 0 Å². The molecule has 0 aliphatic carbocycles. The van der Waals surface area contributed by atoms with Crippen molar-refractivity contribution in [3.8, 4) is 0 Å². The fourth-order valence-corrected chi connectivity index (χ4v) is 2.35. The van der Waals surface area contributed by atoms with E-state index in [1.54, 1.807) is 17.2 Å². The van der Waals surface area contributed by atoms with Crippen LogP contribution < -0.4 is 10.2 Å². The largest absolute Gasteiger partial charge is 0.328 e. The molecule has 1 N–H and O–H groups in total. The molecule has 1 aromatic heterocycles. The molecule has 3 nitrogen and oxygen atoms in total. The van der Waals surface area contributed by atoms with Gasteiger partial charge in [0.25, 0.3) is 0 Å². The first kappa shape index (κ1) is 15.7. The number of hydrogen-bond acceptors (Lipinski definition) is 3. The summed E-state index contributed by atoms with van der Waals surface area (Å²) in [6.07, 6.45) is 2.88. The molecule has 2 rings (SSSR count). The van der Waals surface area contributed by atoms with Gasteiger partial charge in [-0.25, -0.2) is 9.37 Å². The molecule has 0 amide bonds. The first-order valence-corrected chi connectivity index (χ1v) is 7.34. The Bertz CT molecular complexity index is 604. The second-order valence-electron chi connectivity index (χ2n) is 4.86. The van der Waals surface area contributed by atoms with E-state index in [2.05, 4.69) is 17.2 Å². The molecule has 1 aromatic carbocycles. The molecular weight excluding hydrogens is 289 g/mol. The normalized spacial score (nSPS) is 10.7. The number of halogens is 2. The summed E-state index contributed by atoms with van der Waals surface area (Å²) in [5.41, 5.74) is 1.74. The van der Waals surface area contributed by atoms with Gasteiger partial charge in [0, 0.05) is 25.5 Å². The summed E-state index contributed by atoms with van der Waals surface area (Å²) in [7, 11) is 1.82. The molecule has 0 saturated carbocycles. The van der Waals surface area contributed by atoms with Crippen LogP contribution in [0.15, 0.2) is 36.5 Å². The van der Waals surface area contributed by atoms with E-state index in [0.717, 1.165) is 25.1 Å². The Balaban J connectivity index is 2.16. The van der Waals surface area contributed by atoms with E-state index in [1.165, 1.54) is 12.1 Å². The van der Waals surface area contributed by atoms with Crippen LogP contribution in [0, 0.1) is 5.82 Å². The summed E-state index contributed by atoms with van der Waals surface area (Å²) >= 11 is 6.30. The van der Waals surface area contributed by atoms with Gasteiger partial charge in [-0.05, 0) is 42.8 Å². The van der Waals surface area contributed by atoms with Crippen LogP contribution in [-0.2, 0) is 6.54 Å². The Kier molecular flexibility index (Phi) is 5.53. The predicted octanol–water partition coefficient (Wildman–Crippen LogP) is 4.14. The molecule has 112 valence electrons. The van der Waals surface area contributed by atoms with E-state index >= 15 is 0 Å². The summed E-state index contributed by atoms with van der Waals surface area (Å²) in [5, 5.41) is 3.86. The highest BCUT2D eigenvalue weighted by Gasteiger charge is 2.11. The maximum Gasteiger partial charge on any atom is 0.151 e. The number of benzene rings is 1. The Morgan fingerprint density at radius 3 is 2.81 bits per heavy atom. The molecule has 0 radical (unpaired) electrons. The molecule has 0 atom stereocenters. The zero-order chi connectivity index (χ0) is 15.2. The highest BCUT2D eigenvalue weighted by atomic mass is 35.5. The van der Waals surface area contributed by atoms with E-state index in [1.807, 2.05) is 19.2 Å². The van der Waals surface area contributed by atoms with E-state index < -0.39 is 0 Å². The van der Waals surface area contributed by atoms with Gasteiger partial charge < -0.3 is 10.2 Å². The molecule has 0 fully saturated rings. The molecule has 1 heterocycles. The predicted molar refractivity (Wildman–Crippen MR) is 85.7 cm³/mol. The number of nitrogens with zero attached hydrogens (tertiary/aromatic N) is 2. The van der Waals surface area contributed by atoms with Crippen LogP contribution >= 0.6 is 11.6 Å². The summed E-state index contributed by atoms with van der Waals surface area (Å²) in [6, 6.07) is 8.24. The molecule has 0 aliphatic rings. The quantitative estimate of drug-likeness (QED) is 0.813. The highest BCUT2D eigenvalue weighted by molar-refractivity contribution is 6.33. The minimum atomic E-state index is -0.282. The zero-order valence-corrected chi connectivity index (χ0v) is 13.0. The highest BCUT2D eigenvalue weighted by Crippen LogP contribution is 2.29. The van der Waals surface area contributed by atoms with Crippen molar-refractivity contribution in [3.63, 3.8) is 0 Å². The molecular formula is C16H19ClFN3. The van der Waals surface area contributed by atoms with Gasteiger partial charge in [-0.2, -0.15) is 0 Å². The van der Waals surface area contributed by atoms with Crippen LogP contribution in [0.4, 0.5) is 15.9 Å². The monoisotopic (exact) mass is 307 g/mol. The van der Waals surface area contributed by atoms with Gasteiger partial charge in [0.1, 0.15) is 5.82 Å². The van der Waals surface area contributed by atoms with E-state index in [9.17, 15) is 4.39 Å². The lowest BCUT2D eigenvalue weighted by molar-refractivity contribution is 0.628. The minimum Gasteiger partial charge on any atom is -0.328 e. The third-order valence-corrected chi connectivity index (χ3v) is 3.43. The average molecular weight is 308 g/mol. The van der Waals surface area contributed by atoms with Crippen molar-refractivity contribution >= 4 is 23.1 Å². The van der Waals surface area contributed by atoms with Gasteiger partial charge in [0.2, 0.25) is 0 Å². The van der Waals surface area contributed by atoms with Gasteiger partial charge in [0.15, 0.2) is 5.82 Å². The maximum atomic E-state index is 13.3. The van der Waals surface area contributed by atoms with Crippen LogP contribution in [0.3, 0.4) is 0 Å². The third kappa shape index (κ3) is 4.16. The fraction of sp³-hybridized carbons (Fsp3) is 0.312. The molecule has 5 heteroatoms. The average Bonchev–Trinajstić information content (AvgIpc) is 2.47. The smallest absolute Gasteiger partial charge is 0.151 e. The molecule has 0 spiro atoms. The van der Waals surface area contributed by atoms with Crippen molar-refractivity contribution in [2.24, 2.45) is 0 Å². The van der Waals surface area contributed by atoms with Crippen molar-refractivity contribution in [2.75, 3.05) is 18.5 Å². The van der Waals surface area contributed by atoms with Crippen molar-refractivity contribution in [1.82, 2.24) is 10.3 Å². The topological polar surface area (TPSA) is 28.2 Å². The van der Waals surface area contributed by atoms with Gasteiger partial charge in [-0.15, -0.1) is 0 Å². The second kappa shape index (κ2) is 7.38. The van der Waals surface area contributed by atoms with Crippen LogP contribution in [0.1, 0.15) is 18.9 Å². The van der Waals surface area contributed by atoms with E-state index in [4.69, 9.17) is 11.6 Å². The SMILES string of the molecule is CCCNCc1cnc(N(C)c2cccc(F)c2)c(Cl)c1. The van der Waals surface area contributed by atoms with Gasteiger partial charge in [-0.1, -0.05) is 24.6 Å². The molecule has 21 heavy (non-hydrogen) atoms. The van der Waals surface area contributed by atoms with Crippen LogP contribution in [-0.4, -0.2) is 18.6 Å². The lowest BCUT2D eigenvalue weighted by Gasteiger charge is -2.20. The number of pyridine rings is 1. The van der Waals surface area contributed by atoms with Crippen LogP contribution in [0.2, 0.25) is 5.02 Å². The number of anilines is 2. The summed E-state index contributed by atoms with van der Waals surface area (Å²) in [5.74, 6) is 0.331. The molecule has 0 saturated heterocycles. The van der Waals surface area contributed by atoms with E-state index in [-0.39, 0.29) is 5.82 Å². The van der Waals surface area contributed by atoms with Crippen molar-refractivity contribution in [2.45, 2.75) is 19.9 Å². The maximum absolute atomic E-state index is 13.3. The van der Waals surface area contributed by atoms with Gasteiger partial charge in [-0.3, -0.25) is 0 Å². The van der Waals surface area contributed by atoms with Crippen molar-refractivity contribution in [1.29, 1.82) is 0 Å². The Morgan fingerprint density at radius 1 is 1.33 bits per heavy atom. The summed E-state index contributed by atoms with van der Waals surface area (Å²) in [4.78, 5) is 6.17. The van der Waals surface area contributed by atoms with Crippen molar-refractivity contribution < 1.29 is 4.39 Å². The van der Waals surface area contributed by atoms with Crippen LogP contribution in [0.5, 0.6) is 0 Å².